The lowest BCUT2D eigenvalue weighted by Crippen LogP contribution is -2.39. The van der Waals surface area contributed by atoms with E-state index in [2.05, 4.69) is 10.6 Å². The molecule has 0 saturated carbocycles. The molecule has 0 spiro atoms. The van der Waals surface area contributed by atoms with Crippen LogP contribution in [0.3, 0.4) is 0 Å². The number of piperidine rings is 1. The van der Waals surface area contributed by atoms with Gasteiger partial charge in [0.15, 0.2) is 0 Å². The number of benzene rings is 1. The van der Waals surface area contributed by atoms with E-state index in [0.29, 0.717) is 29.4 Å². The first-order valence-electron chi connectivity index (χ1n) is 7.42. The molecule has 21 heavy (non-hydrogen) atoms. The molecule has 2 bridgehead atoms. The van der Waals surface area contributed by atoms with Gasteiger partial charge in [-0.15, -0.1) is 12.4 Å². The maximum atomic E-state index is 12.2. The maximum absolute atomic E-state index is 12.2. The van der Waals surface area contributed by atoms with E-state index < -0.39 is 0 Å². The molecule has 0 aliphatic carbocycles. The molecule has 5 heteroatoms. The SMILES string of the molecule is Cc1ccc(Cl)c(NC(=O)CC2CC3CCC(C2)N3)c1.Cl. The van der Waals surface area contributed by atoms with Gasteiger partial charge in [0.2, 0.25) is 5.91 Å². The first-order chi connectivity index (χ1) is 9.60. The van der Waals surface area contributed by atoms with Gasteiger partial charge in [0, 0.05) is 18.5 Å². The highest BCUT2D eigenvalue weighted by atomic mass is 35.5. The van der Waals surface area contributed by atoms with Crippen molar-refractivity contribution >= 4 is 35.6 Å². The number of rotatable bonds is 3. The molecular weight excluding hydrogens is 307 g/mol. The Morgan fingerprint density at radius 2 is 2.00 bits per heavy atom. The number of hydrogen-bond acceptors (Lipinski definition) is 2. The zero-order chi connectivity index (χ0) is 14.1. The largest absolute Gasteiger partial charge is 0.325 e. The summed E-state index contributed by atoms with van der Waals surface area (Å²) in [6, 6.07) is 6.97. The Labute approximate surface area is 137 Å². The van der Waals surface area contributed by atoms with Crippen molar-refractivity contribution in [1.29, 1.82) is 0 Å². The Morgan fingerprint density at radius 3 is 2.67 bits per heavy atom. The third-order valence-electron chi connectivity index (χ3n) is 4.44. The Bertz CT molecular complexity index is 509. The van der Waals surface area contributed by atoms with Crippen molar-refractivity contribution < 1.29 is 4.79 Å². The van der Waals surface area contributed by atoms with Crippen molar-refractivity contribution in [3.63, 3.8) is 0 Å². The minimum absolute atomic E-state index is 0. The second kappa shape index (κ2) is 6.99. The van der Waals surface area contributed by atoms with E-state index >= 15 is 0 Å². The summed E-state index contributed by atoms with van der Waals surface area (Å²) in [6.45, 7) is 2.00. The fraction of sp³-hybridized carbons (Fsp3) is 0.562. The Kier molecular flexibility index (Phi) is 5.53. The van der Waals surface area contributed by atoms with Crippen molar-refractivity contribution in [1.82, 2.24) is 5.32 Å². The van der Waals surface area contributed by atoms with E-state index in [1.165, 1.54) is 12.8 Å². The molecule has 1 aromatic rings. The van der Waals surface area contributed by atoms with Gasteiger partial charge in [-0.3, -0.25) is 4.79 Å². The number of anilines is 1. The molecule has 2 N–H and O–H groups in total. The predicted octanol–water partition coefficient (Wildman–Crippen LogP) is 3.93. The summed E-state index contributed by atoms with van der Waals surface area (Å²) in [5, 5.41) is 7.17. The highest BCUT2D eigenvalue weighted by Gasteiger charge is 2.34. The van der Waals surface area contributed by atoms with Gasteiger partial charge in [0.05, 0.1) is 10.7 Å². The van der Waals surface area contributed by atoms with Gasteiger partial charge in [0.1, 0.15) is 0 Å². The third kappa shape index (κ3) is 4.12. The smallest absolute Gasteiger partial charge is 0.224 e. The Balaban J connectivity index is 0.00000161. The van der Waals surface area contributed by atoms with Gasteiger partial charge in [-0.2, -0.15) is 0 Å². The lowest BCUT2D eigenvalue weighted by molar-refractivity contribution is -0.117. The molecule has 0 radical (unpaired) electrons. The van der Waals surface area contributed by atoms with E-state index in [1.807, 2.05) is 25.1 Å². The predicted molar refractivity (Wildman–Crippen MR) is 89.4 cm³/mol. The summed E-state index contributed by atoms with van der Waals surface area (Å²) in [4.78, 5) is 12.2. The van der Waals surface area contributed by atoms with Crippen LogP contribution < -0.4 is 10.6 Å². The molecule has 2 aliphatic rings. The minimum Gasteiger partial charge on any atom is -0.325 e. The number of halogens is 2. The normalized spacial score (nSPS) is 27.0. The summed E-state index contributed by atoms with van der Waals surface area (Å²) in [6.07, 6.45) is 5.41. The van der Waals surface area contributed by atoms with Crippen molar-refractivity contribution in [3.05, 3.63) is 28.8 Å². The second-order valence-electron chi connectivity index (χ2n) is 6.21. The van der Waals surface area contributed by atoms with Crippen LogP contribution in [0.2, 0.25) is 5.02 Å². The summed E-state index contributed by atoms with van der Waals surface area (Å²) in [7, 11) is 0. The maximum Gasteiger partial charge on any atom is 0.224 e. The lowest BCUT2D eigenvalue weighted by Gasteiger charge is -2.28. The van der Waals surface area contributed by atoms with Crippen LogP contribution in [0.1, 0.15) is 37.7 Å². The van der Waals surface area contributed by atoms with E-state index in [1.54, 1.807) is 0 Å². The average molecular weight is 329 g/mol. The van der Waals surface area contributed by atoms with Crippen LogP contribution in [0.15, 0.2) is 18.2 Å². The van der Waals surface area contributed by atoms with Gasteiger partial charge in [0.25, 0.3) is 0 Å². The number of amides is 1. The molecular formula is C16H22Cl2N2O. The molecule has 2 unspecified atom stereocenters. The first kappa shape index (κ1) is 16.6. The third-order valence-corrected chi connectivity index (χ3v) is 4.77. The fourth-order valence-corrected chi connectivity index (χ4v) is 3.70. The molecule has 3 nitrogen and oxygen atoms in total. The number of aryl methyl sites for hydroxylation is 1. The first-order valence-corrected chi connectivity index (χ1v) is 7.80. The van der Waals surface area contributed by atoms with Crippen LogP contribution in [-0.4, -0.2) is 18.0 Å². The number of hydrogen-bond donors (Lipinski definition) is 2. The molecule has 116 valence electrons. The number of nitrogens with one attached hydrogen (secondary N) is 2. The van der Waals surface area contributed by atoms with Crippen molar-refractivity contribution in [2.45, 2.75) is 51.1 Å². The van der Waals surface area contributed by atoms with Crippen LogP contribution in [0.25, 0.3) is 0 Å². The van der Waals surface area contributed by atoms with Crippen LogP contribution in [0.5, 0.6) is 0 Å². The molecule has 1 aromatic carbocycles. The molecule has 2 heterocycles. The highest BCUT2D eigenvalue weighted by Crippen LogP contribution is 2.33. The lowest BCUT2D eigenvalue weighted by atomic mass is 9.89. The Morgan fingerprint density at radius 1 is 1.33 bits per heavy atom. The molecule has 0 aromatic heterocycles. The van der Waals surface area contributed by atoms with Gasteiger partial charge in [-0.05, 0) is 56.2 Å². The molecule has 3 rings (SSSR count). The van der Waals surface area contributed by atoms with Crippen molar-refractivity contribution in [2.75, 3.05) is 5.32 Å². The number of carbonyl (C=O) groups excluding carboxylic acids is 1. The van der Waals surface area contributed by atoms with Crippen LogP contribution in [-0.2, 0) is 4.79 Å². The zero-order valence-electron chi connectivity index (χ0n) is 12.2. The standard InChI is InChI=1S/C16H21ClN2O.ClH/c1-10-2-5-14(17)15(6-10)19-16(20)9-11-7-12-3-4-13(8-11)18-12;/h2,5-6,11-13,18H,3-4,7-9H2,1H3,(H,19,20);1H. The highest BCUT2D eigenvalue weighted by molar-refractivity contribution is 6.33. The summed E-state index contributed by atoms with van der Waals surface area (Å²) in [5.74, 6) is 0.598. The van der Waals surface area contributed by atoms with Crippen LogP contribution >= 0.6 is 24.0 Å². The van der Waals surface area contributed by atoms with E-state index in [-0.39, 0.29) is 18.3 Å². The number of carbonyl (C=O) groups is 1. The molecule has 2 saturated heterocycles. The van der Waals surface area contributed by atoms with Gasteiger partial charge in [-0.25, -0.2) is 0 Å². The van der Waals surface area contributed by atoms with Crippen molar-refractivity contribution in [2.24, 2.45) is 5.92 Å². The summed E-state index contributed by atoms with van der Waals surface area (Å²) in [5.41, 5.74) is 1.83. The van der Waals surface area contributed by atoms with Crippen LogP contribution in [0, 0.1) is 12.8 Å². The fourth-order valence-electron chi connectivity index (χ4n) is 3.54. The molecule has 2 atom stereocenters. The monoisotopic (exact) mass is 328 g/mol. The molecule has 2 fully saturated rings. The average Bonchev–Trinajstić information content (AvgIpc) is 2.73. The summed E-state index contributed by atoms with van der Waals surface area (Å²) < 4.78 is 0. The van der Waals surface area contributed by atoms with E-state index in [0.717, 1.165) is 24.1 Å². The van der Waals surface area contributed by atoms with Gasteiger partial charge < -0.3 is 10.6 Å². The second-order valence-corrected chi connectivity index (χ2v) is 6.62. The van der Waals surface area contributed by atoms with Crippen molar-refractivity contribution in [3.8, 4) is 0 Å². The van der Waals surface area contributed by atoms with E-state index in [4.69, 9.17) is 11.6 Å². The quantitative estimate of drug-likeness (QED) is 0.882. The van der Waals surface area contributed by atoms with Gasteiger partial charge >= 0.3 is 0 Å². The van der Waals surface area contributed by atoms with Crippen LogP contribution in [0.4, 0.5) is 5.69 Å². The van der Waals surface area contributed by atoms with Gasteiger partial charge in [-0.1, -0.05) is 17.7 Å². The topological polar surface area (TPSA) is 41.1 Å². The molecule has 2 aliphatic heterocycles. The summed E-state index contributed by atoms with van der Waals surface area (Å²) >= 11 is 6.11. The number of fused-ring (bicyclic) bond motifs is 2. The zero-order valence-corrected chi connectivity index (χ0v) is 13.8. The van der Waals surface area contributed by atoms with E-state index in [9.17, 15) is 4.79 Å². The molecule has 1 amide bonds. The minimum atomic E-state index is 0. The Hall–Kier alpha value is -0.770.